The van der Waals surface area contributed by atoms with Crippen LogP contribution in [0.25, 0.3) is 0 Å². The lowest BCUT2D eigenvalue weighted by molar-refractivity contribution is -0.152. The third-order valence-electron chi connectivity index (χ3n) is 22.7. The van der Waals surface area contributed by atoms with Crippen molar-refractivity contribution in [2.24, 2.45) is 23.5 Å². The lowest BCUT2D eigenvalue weighted by atomic mass is 9.94. The number of nitrogens with two attached hydrogens (primary N) is 1. The first kappa shape index (κ1) is 90.0. The van der Waals surface area contributed by atoms with Gasteiger partial charge in [0.25, 0.3) is 0 Å². The molecule has 5 aliphatic heterocycles. The molecule has 5 saturated heterocycles. The Labute approximate surface area is 667 Å². The van der Waals surface area contributed by atoms with Crippen molar-refractivity contribution in [1.82, 2.24) is 30.2 Å². The van der Waals surface area contributed by atoms with Crippen molar-refractivity contribution in [3.05, 3.63) is 214 Å². The number of methoxy groups -OCH3 is 3. The third-order valence-corrected chi connectivity index (χ3v) is 22.7. The van der Waals surface area contributed by atoms with Gasteiger partial charge in [0.05, 0.1) is 39.5 Å². The minimum Gasteiger partial charge on any atom is -0.468 e. The van der Waals surface area contributed by atoms with Gasteiger partial charge in [-0.15, -0.1) is 0 Å². The summed E-state index contributed by atoms with van der Waals surface area (Å²) in [5.74, 6) is -0.0215. The van der Waals surface area contributed by atoms with Crippen molar-refractivity contribution >= 4 is 53.1 Å². The normalized spacial score (nSPS) is 18.6. The second-order valence-corrected chi connectivity index (χ2v) is 30.2. The highest BCUT2D eigenvalue weighted by atomic mass is 16.5. The van der Waals surface area contributed by atoms with Crippen LogP contribution in [0.15, 0.2) is 170 Å². The molecule has 6 aromatic rings. The van der Waals surface area contributed by atoms with E-state index in [9.17, 15) is 43.2 Å². The van der Waals surface area contributed by atoms with Crippen LogP contribution in [0.2, 0.25) is 0 Å². The molecule has 0 radical (unpaired) electrons. The van der Waals surface area contributed by atoms with E-state index in [1.807, 2.05) is 128 Å². The number of amides is 4. The second kappa shape index (κ2) is 49.4. The van der Waals surface area contributed by atoms with Crippen molar-refractivity contribution in [3.63, 3.8) is 0 Å². The van der Waals surface area contributed by atoms with Crippen molar-refractivity contribution in [2.75, 3.05) is 61.1 Å². The highest BCUT2D eigenvalue weighted by molar-refractivity contribution is 5.92. The Bertz CT molecular complexity index is 3660. The molecule has 0 spiro atoms. The predicted molar refractivity (Wildman–Crippen MR) is 441 cm³/mol. The Morgan fingerprint density at radius 2 is 0.741 bits per heavy atom. The van der Waals surface area contributed by atoms with E-state index >= 15 is 0 Å². The maximum Gasteiger partial charge on any atom is 0.328 e. The van der Waals surface area contributed by atoms with Crippen LogP contribution in [0.4, 0.5) is 0 Å². The molecular formula is C93H127N7O12. The highest BCUT2D eigenvalue weighted by Crippen LogP contribution is 2.29. The van der Waals surface area contributed by atoms with Gasteiger partial charge in [0.15, 0.2) is 11.6 Å². The molecule has 4 amide bonds. The monoisotopic (exact) mass is 1530 g/mol. The summed E-state index contributed by atoms with van der Waals surface area (Å²) in [6.45, 7) is 12.4. The fraction of sp³-hybridized carbons (Fsp3) is 0.516. The number of benzene rings is 6. The van der Waals surface area contributed by atoms with Gasteiger partial charge < -0.3 is 50.2 Å². The van der Waals surface area contributed by atoms with Crippen LogP contribution in [-0.2, 0) is 109 Å². The third kappa shape index (κ3) is 28.5. The number of esters is 3. The van der Waals surface area contributed by atoms with Gasteiger partial charge in [-0.2, -0.15) is 0 Å². The molecule has 19 nitrogen and oxygen atoms in total. The van der Waals surface area contributed by atoms with Crippen LogP contribution >= 0.6 is 0 Å². The quantitative estimate of drug-likeness (QED) is 0.0263. The van der Waals surface area contributed by atoms with Gasteiger partial charge in [0, 0.05) is 63.3 Å². The topological polar surface area (TPSA) is 244 Å². The molecule has 0 aromatic heterocycles. The van der Waals surface area contributed by atoms with Crippen LogP contribution in [0.3, 0.4) is 0 Å². The average Bonchev–Trinajstić information content (AvgIpc) is 1.69. The van der Waals surface area contributed by atoms with Gasteiger partial charge in [-0.3, -0.25) is 33.6 Å². The zero-order valence-corrected chi connectivity index (χ0v) is 68.0. The molecule has 606 valence electrons. The molecule has 0 aliphatic carbocycles. The number of ether oxygens (including phenoxy) is 3. The van der Waals surface area contributed by atoms with E-state index in [2.05, 4.69) is 102 Å². The van der Waals surface area contributed by atoms with Crippen LogP contribution in [0.1, 0.15) is 188 Å². The van der Waals surface area contributed by atoms with Crippen molar-refractivity contribution < 1.29 is 57.4 Å². The smallest absolute Gasteiger partial charge is 0.328 e. The second-order valence-electron chi connectivity index (χ2n) is 30.2. The summed E-state index contributed by atoms with van der Waals surface area (Å²) in [6.07, 6.45) is 20.4. The van der Waals surface area contributed by atoms with Crippen molar-refractivity contribution in [2.45, 2.75) is 231 Å². The molecule has 5 aliphatic rings. The van der Waals surface area contributed by atoms with E-state index in [-0.39, 0.29) is 107 Å². The van der Waals surface area contributed by atoms with Gasteiger partial charge in [0.1, 0.15) is 18.1 Å². The number of aryl methyl sites for hydroxylation is 7. The molecule has 0 unspecified atom stereocenters. The summed E-state index contributed by atoms with van der Waals surface area (Å²) < 4.78 is 14.1. The van der Waals surface area contributed by atoms with Crippen molar-refractivity contribution in [3.8, 4) is 0 Å². The molecule has 112 heavy (non-hydrogen) atoms. The fourth-order valence-corrected chi connectivity index (χ4v) is 15.7. The summed E-state index contributed by atoms with van der Waals surface area (Å²) in [6, 6.07) is 56.0. The van der Waals surface area contributed by atoms with Gasteiger partial charge in [-0.25, -0.2) is 9.59 Å². The number of hydrogen-bond donors (Lipinski definition) is 3. The maximum absolute atomic E-state index is 13.2. The first-order valence-corrected chi connectivity index (χ1v) is 41.3. The molecule has 19 heteroatoms. The summed E-state index contributed by atoms with van der Waals surface area (Å²) in [5.41, 5.74) is 15.4. The summed E-state index contributed by atoms with van der Waals surface area (Å²) in [4.78, 5) is 119. The molecule has 11 rings (SSSR count). The van der Waals surface area contributed by atoms with Crippen LogP contribution in [0.5, 0.6) is 0 Å². The fourth-order valence-electron chi connectivity index (χ4n) is 15.7. The van der Waals surface area contributed by atoms with Gasteiger partial charge in [-0.05, 0) is 206 Å². The Kier molecular flexibility index (Phi) is 39.7. The molecular weight excluding hydrogens is 1410 g/mol. The molecule has 9 atom stereocenters. The number of nitrogens with zero attached hydrogens (tertiary/aromatic N) is 4. The predicted octanol–water partition coefficient (Wildman–Crippen LogP) is 13.4. The molecule has 0 bridgehead atoms. The number of ketones is 2. The zero-order chi connectivity index (χ0) is 80.6. The average molecular weight is 1540 g/mol. The lowest BCUT2D eigenvalue weighted by Gasteiger charge is -2.28. The number of nitrogens with one attached hydrogen (secondary N) is 2. The summed E-state index contributed by atoms with van der Waals surface area (Å²) in [5, 5.41) is 6.20. The summed E-state index contributed by atoms with van der Waals surface area (Å²) in [7, 11) is 6.01. The Hall–Kier alpha value is -9.17. The van der Waals surface area contributed by atoms with Gasteiger partial charge in [-0.1, -0.05) is 198 Å². The first-order chi connectivity index (χ1) is 54.4. The Morgan fingerprint density at radius 3 is 1.10 bits per heavy atom. The molecule has 6 aromatic carbocycles. The number of Topliss-reactive ketones (excluding diaryl/α,β-unsaturated/α-hetero) is 2. The first-order valence-electron chi connectivity index (χ1n) is 41.3. The maximum atomic E-state index is 13.2. The molecule has 4 N–H and O–H groups in total. The van der Waals surface area contributed by atoms with E-state index in [4.69, 9.17) is 15.2 Å². The molecule has 0 saturated carbocycles. The van der Waals surface area contributed by atoms with E-state index in [0.29, 0.717) is 58.3 Å². The number of hydrogen-bond acceptors (Lipinski definition) is 15. The zero-order valence-electron chi connectivity index (χ0n) is 68.0. The minimum absolute atomic E-state index is 0.000180. The van der Waals surface area contributed by atoms with Crippen LogP contribution in [-0.4, -0.2) is 170 Å². The number of likely N-dealkylation sites (N-methyl/N-ethyl adjacent to an activating group) is 1. The largest absolute Gasteiger partial charge is 0.468 e. The number of carbonyl (C=O) groups is 9. The van der Waals surface area contributed by atoms with Gasteiger partial charge >= 0.3 is 17.9 Å². The van der Waals surface area contributed by atoms with Gasteiger partial charge in [0.2, 0.25) is 23.6 Å². The molecule has 5 fully saturated rings. The standard InChI is InChI=1S/C27H35NO2.C25H33N3O2.C18H25NO3.C17H23NO3.C6H11NO2/c1-3-21-12-14-23(15-13-21)17-19-26(29)25-11-8-20-28(25)27(30)24(4-2)18-16-22-9-6-5-7-10-22;1-27-22(15-13-19-6-3-2-4-7-19)25(30)28-17-5-8-23(28)24(29)16-14-20-9-11-21(18-26)12-10-20;1-3-15(12-11-14-8-5-4-6-9-14)17(20)19-13-7-10-16(19)18(21)22-2;1-13(10-11-14-7-4-3-5-8-14)16(19)18-12-6-9-15(18)17(20)21-2;1-9-6(8)5-3-2-4-7-5/h5-7,9-10,12-15,24-25H,3-4,8,11,16-20H2,1-2H3;2-4,6-7,9-12,22-23,27H,5,8,13-18,26H2,1H3;4-6,8-9,15-16H,3,7,10-13H2,1-2H3;3-5,7-8,13,15H,6,9-12H2,1-2H3;5,7H,2-4H2,1H3/t24-,25+;22-,23+;15-,16+;13-,15+;5-/m11110/s1. The van der Waals surface area contributed by atoms with E-state index in [0.717, 1.165) is 153 Å². The molecule has 5 heterocycles. The van der Waals surface area contributed by atoms with E-state index in [1.165, 1.54) is 54.7 Å². The SMILES string of the molecule is CC[C@H](CCc1ccccc1)C(=O)N1CCC[C@H]1C(=O)OC.CCc1ccc(CCC(=O)[C@@H]2CCCN2C(=O)[C@H](CC)CCc2ccccc2)cc1.CN[C@H](CCc1ccccc1)C(=O)N1CCC[C@H]1C(=O)CCc1ccc(CN)cc1.COC(=O)[C@@H]1CCCN1.COC(=O)[C@@H]1CCCN1C(=O)[C@H](C)CCc1ccccc1. The number of likely N-dealkylation sites (tertiary alicyclic amines) is 4. The summed E-state index contributed by atoms with van der Waals surface area (Å²) >= 11 is 0. The lowest BCUT2D eigenvalue weighted by Crippen LogP contribution is -2.49. The van der Waals surface area contributed by atoms with Crippen molar-refractivity contribution in [1.29, 1.82) is 0 Å². The Balaban J connectivity index is 0.000000201. The van der Waals surface area contributed by atoms with Crippen LogP contribution < -0.4 is 16.4 Å². The number of rotatable bonds is 32. The minimum atomic E-state index is -0.387. The van der Waals surface area contributed by atoms with E-state index < -0.39 is 0 Å². The number of carbonyl (C=O) groups excluding carboxylic acids is 9. The van der Waals surface area contributed by atoms with E-state index in [1.54, 1.807) is 9.80 Å². The van der Waals surface area contributed by atoms with Crippen LogP contribution in [0, 0.1) is 17.8 Å². The Morgan fingerprint density at radius 1 is 0.402 bits per heavy atom. The highest BCUT2D eigenvalue weighted by Gasteiger charge is 2.40.